The van der Waals surface area contributed by atoms with Crippen molar-refractivity contribution >= 4 is 43.2 Å². The van der Waals surface area contributed by atoms with Gasteiger partial charge in [0.1, 0.15) is 17.2 Å². The number of unbranched alkanes of at least 4 members (excludes halogenated alkanes) is 2. The first-order chi connectivity index (χ1) is 25.7. The minimum atomic E-state index is -4.66. The molecule has 0 bridgehead atoms. The summed E-state index contributed by atoms with van der Waals surface area (Å²) >= 11 is 0. The first-order valence-corrected chi connectivity index (χ1v) is 21.6. The van der Waals surface area contributed by atoms with Gasteiger partial charge in [0.25, 0.3) is 10.1 Å². The predicted octanol–water partition coefficient (Wildman–Crippen LogP) is 6.81. The third-order valence-corrected chi connectivity index (χ3v) is 12.1. The number of benzene rings is 2. The Labute approximate surface area is 327 Å². The van der Waals surface area contributed by atoms with E-state index in [0.29, 0.717) is 38.9 Å². The smallest absolute Gasteiger partial charge is 0.294 e. The molecule has 14 nitrogen and oxygen atoms in total. The molecule has 2 aliphatic heterocycles. The lowest BCUT2D eigenvalue weighted by Gasteiger charge is -2.27. The summed E-state index contributed by atoms with van der Waals surface area (Å²) in [6, 6.07) is 9.00. The predicted molar refractivity (Wildman–Crippen MR) is 216 cm³/mol. The van der Waals surface area contributed by atoms with E-state index >= 15 is 0 Å². The number of hydrogen-bond donors (Lipinski definition) is 2. The highest BCUT2D eigenvalue weighted by Gasteiger charge is 2.44. The number of nitrogens with zero attached hydrogens (tertiary/aromatic N) is 6. The van der Waals surface area contributed by atoms with Gasteiger partial charge in [-0.15, -0.1) is 0 Å². The highest BCUT2D eigenvalue weighted by atomic mass is 32.2. The molecule has 2 aliphatic rings. The van der Waals surface area contributed by atoms with Gasteiger partial charge in [-0.05, 0) is 100 Å². The number of carbonyl (C=O) groups is 1. The molecule has 1 amide bonds. The lowest BCUT2D eigenvalue weighted by Crippen LogP contribution is -2.28. The molecule has 0 saturated heterocycles. The Hall–Kier alpha value is -4.05. The van der Waals surface area contributed by atoms with Crippen molar-refractivity contribution in [2.75, 3.05) is 51.2 Å². The van der Waals surface area contributed by atoms with Crippen LogP contribution in [0.15, 0.2) is 75.2 Å². The number of allylic oxidation sites excluding steroid dienone is 4. The van der Waals surface area contributed by atoms with E-state index in [2.05, 4.69) is 45.9 Å². The van der Waals surface area contributed by atoms with E-state index in [4.69, 9.17) is 5.53 Å². The zero-order valence-corrected chi connectivity index (χ0v) is 35.0. The van der Waals surface area contributed by atoms with E-state index < -0.39 is 31.1 Å². The van der Waals surface area contributed by atoms with Gasteiger partial charge in [-0.1, -0.05) is 52.2 Å². The van der Waals surface area contributed by atoms with Crippen molar-refractivity contribution in [2.45, 2.75) is 101 Å². The van der Waals surface area contributed by atoms with Gasteiger partial charge in [-0.3, -0.25) is 9.35 Å². The summed E-state index contributed by atoms with van der Waals surface area (Å²) in [6.45, 7) is 19.4. The summed E-state index contributed by atoms with van der Waals surface area (Å²) in [7, 11) is -7.14. The average Bonchev–Trinajstić information content (AvgIpc) is 3.45. The second-order valence-electron chi connectivity index (χ2n) is 14.6. The minimum Gasteiger partial charge on any atom is -0.744 e. The molecular weight excluding hydrogens is 743 g/mol. The van der Waals surface area contributed by atoms with E-state index in [9.17, 15) is 30.7 Å². The van der Waals surface area contributed by atoms with Gasteiger partial charge in [0.2, 0.25) is 11.6 Å². The molecule has 2 aromatic rings. The molecule has 0 aliphatic carbocycles. The maximum Gasteiger partial charge on any atom is 0.294 e. The highest BCUT2D eigenvalue weighted by molar-refractivity contribution is 7.86. The van der Waals surface area contributed by atoms with E-state index in [1.807, 2.05) is 57.5 Å². The molecular formula is C39H57N7O7S2. The number of fused-ring (bicyclic) bond motifs is 2. The number of hydrogen-bond acceptors (Lipinski definition) is 9. The SMILES string of the molecule is CCN(CC)CC.C[N+]1=C(/C=C/C=C2\N(CCCCCC(=O)NCCCN=[N+]=[N-])c3ccc(S(=O)(=O)[O-])cc3C2(C)C)C(C)(C)c2cc(S(=O)(=O)O)ccc21. The topological polar surface area (TPSA) is 199 Å². The van der Waals surface area contributed by atoms with Crippen LogP contribution in [0.4, 0.5) is 11.4 Å². The summed E-state index contributed by atoms with van der Waals surface area (Å²) in [6.07, 6.45) is 8.99. The van der Waals surface area contributed by atoms with Gasteiger partial charge in [0, 0.05) is 65.5 Å². The van der Waals surface area contributed by atoms with Gasteiger partial charge >= 0.3 is 0 Å². The van der Waals surface area contributed by atoms with Crippen LogP contribution < -0.4 is 10.2 Å². The molecule has 0 unspecified atom stereocenters. The molecule has 0 aromatic heterocycles. The van der Waals surface area contributed by atoms with Crippen LogP contribution in [-0.4, -0.2) is 93.4 Å². The summed E-state index contributed by atoms with van der Waals surface area (Å²) in [5.74, 6) is -0.0608. The molecule has 0 spiro atoms. The summed E-state index contributed by atoms with van der Waals surface area (Å²) in [4.78, 5) is 18.9. The van der Waals surface area contributed by atoms with Crippen molar-refractivity contribution in [3.63, 3.8) is 0 Å². The van der Waals surface area contributed by atoms with Crippen LogP contribution in [0.1, 0.15) is 91.7 Å². The van der Waals surface area contributed by atoms with E-state index in [-0.39, 0.29) is 15.7 Å². The first-order valence-electron chi connectivity index (χ1n) is 18.7. The number of azide groups is 1. The summed E-state index contributed by atoms with van der Waals surface area (Å²) in [5, 5.41) is 6.27. The van der Waals surface area contributed by atoms with Crippen molar-refractivity contribution < 1.29 is 35.3 Å². The third kappa shape index (κ3) is 11.3. The Kier molecular flexibility index (Phi) is 15.8. The quantitative estimate of drug-likeness (QED) is 0.0431. The van der Waals surface area contributed by atoms with Crippen LogP contribution in [0.3, 0.4) is 0 Å². The van der Waals surface area contributed by atoms with Crippen molar-refractivity contribution in [3.8, 4) is 0 Å². The summed E-state index contributed by atoms with van der Waals surface area (Å²) < 4.78 is 70.9. The Morgan fingerprint density at radius 3 is 2.18 bits per heavy atom. The molecule has 0 atom stereocenters. The number of anilines is 1. The van der Waals surface area contributed by atoms with Crippen molar-refractivity contribution in [2.24, 2.45) is 5.11 Å². The second kappa shape index (κ2) is 19.2. The maximum atomic E-state index is 12.2. The Morgan fingerprint density at radius 2 is 1.60 bits per heavy atom. The molecule has 0 saturated carbocycles. The fourth-order valence-corrected chi connectivity index (χ4v) is 8.17. The van der Waals surface area contributed by atoms with E-state index in [1.54, 1.807) is 12.1 Å². The monoisotopic (exact) mass is 799 g/mol. The van der Waals surface area contributed by atoms with Crippen LogP contribution in [0.2, 0.25) is 0 Å². The molecule has 4 rings (SSSR count). The van der Waals surface area contributed by atoms with Crippen molar-refractivity contribution in [3.05, 3.63) is 81.9 Å². The molecule has 2 heterocycles. The zero-order chi connectivity index (χ0) is 41.2. The van der Waals surface area contributed by atoms with E-state index in [0.717, 1.165) is 46.8 Å². The lowest BCUT2D eigenvalue weighted by molar-refractivity contribution is -0.401. The van der Waals surface area contributed by atoms with Crippen molar-refractivity contribution in [1.29, 1.82) is 0 Å². The van der Waals surface area contributed by atoms with Gasteiger partial charge in [-0.25, -0.2) is 8.42 Å². The largest absolute Gasteiger partial charge is 0.744 e. The van der Waals surface area contributed by atoms with Crippen molar-refractivity contribution in [1.82, 2.24) is 10.2 Å². The van der Waals surface area contributed by atoms with Crippen LogP contribution >= 0.6 is 0 Å². The molecule has 302 valence electrons. The summed E-state index contributed by atoms with van der Waals surface area (Å²) in [5.41, 5.74) is 12.0. The molecule has 2 aromatic carbocycles. The van der Waals surface area contributed by atoms with Crippen LogP contribution in [-0.2, 0) is 35.9 Å². The molecule has 55 heavy (non-hydrogen) atoms. The number of nitrogens with one attached hydrogen (secondary N) is 1. The lowest BCUT2D eigenvalue weighted by atomic mass is 9.81. The number of amides is 1. The second-order valence-corrected chi connectivity index (χ2v) is 17.4. The number of rotatable bonds is 17. The van der Waals surface area contributed by atoms with E-state index in [1.165, 1.54) is 43.9 Å². The molecule has 2 N–H and O–H groups in total. The Balaban J connectivity index is 0.00000106. The fourth-order valence-electron chi connectivity index (χ4n) is 7.17. The highest BCUT2D eigenvalue weighted by Crippen LogP contribution is 2.49. The normalized spacial score (nSPS) is 16.6. The van der Waals surface area contributed by atoms with Gasteiger partial charge < -0.3 is 19.7 Å². The van der Waals surface area contributed by atoms with Gasteiger partial charge in [0.05, 0.1) is 15.2 Å². The van der Waals surface area contributed by atoms with Gasteiger partial charge in [-0.2, -0.15) is 13.0 Å². The Bertz CT molecular complexity index is 2060. The standard InChI is InChI=1S/C33H42N6O7S2.C6H15N/c1-32(2)25-21-23(47(41,42)43)14-16-27(25)38(5)29(32)11-9-12-30-33(3,4)26-22-24(48(44,45)46)15-17-28(26)39(30)20-8-6-7-13-31(40)35-18-10-19-36-37-34;1-4-7(5-2)6-3/h9,11-12,14-17,21-22H,6-8,10,13,18-20H2,1-5H3,(H2-,35,40,41,42,43,44,45,46);4-6H2,1-3H3. The van der Waals surface area contributed by atoms with Crippen LogP contribution in [0.25, 0.3) is 10.4 Å². The zero-order valence-electron chi connectivity index (χ0n) is 33.4. The Morgan fingerprint density at radius 1 is 0.964 bits per heavy atom. The fraction of sp³-hybridized carbons (Fsp3) is 0.538. The molecule has 0 fully saturated rings. The van der Waals surface area contributed by atoms with Crippen LogP contribution in [0.5, 0.6) is 0 Å². The third-order valence-electron chi connectivity index (χ3n) is 10.4. The number of carbonyl (C=O) groups excluding carboxylic acids is 1. The maximum absolute atomic E-state index is 12.2. The molecule has 0 radical (unpaired) electrons. The van der Waals surface area contributed by atoms with Gasteiger partial charge in [0.15, 0.2) is 5.71 Å². The average molecular weight is 800 g/mol. The molecule has 16 heteroatoms. The van der Waals surface area contributed by atoms with Crippen LogP contribution in [0, 0.1) is 0 Å². The first kappa shape index (κ1) is 45.3. The minimum absolute atomic E-state index is 0.0608.